The lowest BCUT2D eigenvalue weighted by Gasteiger charge is -2.15. The Bertz CT molecular complexity index is 1490. The summed E-state index contributed by atoms with van der Waals surface area (Å²) in [5.41, 5.74) is 11.7. The number of aryl methyl sites for hydroxylation is 4. The number of fused-ring (bicyclic) bond motifs is 1. The van der Waals surface area contributed by atoms with Crippen LogP contribution in [0.1, 0.15) is 22.3 Å². The SMILES string of the molecule is Cc1cccc(C)c1-c1cccc2c1nc(-c1c(C)cccc1C)n2-c1cccc(Br)c1Br. The number of imidazole rings is 1. The van der Waals surface area contributed by atoms with Gasteiger partial charge in [-0.15, -0.1) is 0 Å². The van der Waals surface area contributed by atoms with Crippen molar-refractivity contribution < 1.29 is 0 Å². The van der Waals surface area contributed by atoms with Crippen molar-refractivity contribution in [1.29, 1.82) is 0 Å². The fourth-order valence-electron chi connectivity index (χ4n) is 4.78. The van der Waals surface area contributed by atoms with Crippen molar-refractivity contribution in [3.8, 4) is 28.2 Å². The Labute approximate surface area is 211 Å². The zero-order valence-electron chi connectivity index (χ0n) is 19.1. The van der Waals surface area contributed by atoms with Crippen LogP contribution >= 0.6 is 31.9 Å². The third-order valence-electron chi connectivity index (χ3n) is 6.31. The van der Waals surface area contributed by atoms with E-state index in [-0.39, 0.29) is 0 Å². The largest absolute Gasteiger partial charge is 0.291 e. The summed E-state index contributed by atoms with van der Waals surface area (Å²) < 4.78 is 4.31. The van der Waals surface area contributed by atoms with Crippen LogP contribution in [-0.2, 0) is 0 Å². The molecule has 5 rings (SSSR count). The first-order valence-corrected chi connectivity index (χ1v) is 12.6. The third kappa shape index (κ3) is 3.66. The fraction of sp³-hybridized carbons (Fsp3) is 0.138. The number of nitrogens with zero attached hydrogens (tertiary/aromatic N) is 2. The zero-order valence-corrected chi connectivity index (χ0v) is 22.3. The second kappa shape index (κ2) is 8.58. The van der Waals surface area contributed by atoms with E-state index in [0.717, 1.165) is 31.5 Å². The van der Waals surface area contributed by atoms with Crippen LogP contribution in [-0.4, -0.2) is 9.55 Å². The Balaban J connectivity index is 1.95. The van der Waals surface area contributed by atoms with Crippen molar-refractivity contribution in [3.05, 3.63) is 104 Å². The number of aromatic nitrogens is 2. The van der Waals surface area contributed by atoms with Crippen LogP contribution in [0, 0.1) is 27.7 Å². The van der Waals surface area contributed by atoms with Gasteiger partial charge in [-0.1, -0.05) is 54.6 Å². The second-order valence-electron chi connectivity index (χ2n) is 8.55. The molecular formula is C29H24Br2N2. The Kier molecular flexibility index (Phi) is 5.75. The predicted molar refractivity (Wildman–Crippen MR) is 146 cm³/mol. The lowest BCUT2D eigenvalue weighted by molar-refractivity contribution is 1.08. The number of hydrogen-bond acceptors (Lipinski definition) is 1. The first kappa shape index (κ1) is 22.1. The van der Waals surface area contributed by atoms with Crippen molar-refractivity contribution >= 4 is 42.9 Å². The topological polar surface area (TPSA) is 17.8 Å². The molecule has 0 N–H and O–H groups in total. The van der Waals surface area contributed by atoms with E-state index < -0.39 is 0 Å². The van der Waals surface area contributed by atoms with Gasteiger partial charge in [0.1, 0.15) is 5.82 Å². The van der Waals surface area contributed by atoms with Crippen LogP contribution in [0.2, 0.25) is 0 Å². The molecule has 33 heavy (non-hydrogen) atoms. The maximum atomic E-state index is 5.34. The highest BCUT2D eigenvalue weighted by molar-refractivity contribution is 9.13. The molecule has 0 saturated carbocycles. The molecule has 0 amide bonds. The molecule has 2 nitrogen and oxygen atoms in total. The summed E-state index contributed by atoms with van der Waals surface area (Å²) in [6.07, 6.45) is 0. The minimum absolute atomic E-state index is 0.957. The molecule has 1 heterocycles. The number of halogens is 2. The average molecular weight is 560 g/mol. The first-order chi connectivity index (χ1) is 15.9. The van der Waals surface area contributed by atoms with Gasteiger partial charge in [0.15, 0.2) is 0 Å². The quantitative estimate of drug-likeness (QED) is 0.215. The summed E-state index contributed by atoms with van der Waals surface area (Å²) in [6.45, 7) is 8.67. The van der Waals surface area contributed by atoms with Gasteiger partial charge in [-0.2, -0.15) is 0 Å². The molecule has 1 aromatic heterocycles. The van der Waals surface area contributed by atoms with Crippen molar-refractivity contribution in [1.82, 2.24) is 9.55 Å². The standard InChI is InChI=1S/C29H24Br2N2/c1-17-9-5-10-18(2)25(17)21-13-7-16-24-28(21)32-29(26-19(3)11-6-12-20(26)4)33(24)23-15-8-14-22(30)27(23)31/h5-16H,1-4H3. The molecule has 4 aromatic carbocycles. The highest BCUT2D eigenvalue weighted by atomic mass is 79.9. The lowest BCUT2D eigenvalue weighted by atomic mass is 9.95. The second-order valence-corrected chi connectivity index (χ2v) is 10.2. The van der Waals surface area contributed by atoms with Gasteiger partial charge in [0, 0.05) is 15.6 Å². The fourth-order valence-corrected chi connectivity index (χ4v) is 5.58. The molecule has 0 aliphatic carbocycles. The summed E-state index contributed by atoms with van der Waals surface area (Å²) in [5.74, 6) is 0.957. The van der Waals surface area contributed by atoms with E-state index in [1.165, 1.54) is 38.9 Å². The van der Waals surface area contributed by atoms with Crippen molar-refractivity contribution in [2.45, 2.75) is 27.7 Å². The van der Waals surface area contributed by atoms with Crippen LogP contribution in [0.15, 0.2) is 81.7 Å². The number of para-hydroxylation sites is 1. The monoisotopic (exact) mass is 558 g/mol. The molecule has 164 valence electrons. The van der Waals surface area contributed by atoms with E-state index in [0.29, 0.717) is 0 Å². The first-order valence-electron chi connectivity index (χ1n) is 11.0. The van der Waals surface area contributed by atoms with Gasteiger partial charge in [0.25, 0.3) is 0 Å². The summed E-state index contributed by atoms with van der Waals surface area (Å²) >= 11 is 7.52. The van der Waals surface area contributed by atoms with Gasteiger partial charge in [0.05, 0.1) is 21.2 Å². The number of benzene rings is 4. The molecule has 0 atom stereocenters. The van der Waals surface area contributed by atoms with Gasteiger partial charge in [-0.3, -0.25) is 4.57 Å². The normalized spacial score (nSPS) is 11.3. The summed E-state index contributed by atoms with van der Waals surface area (Å²) in [5, 5.41) is 0. The lowest BCUT2D eigenvalue weighted by Crippen LogP contribution is -2.01. The molecule has 0 bridgehead atoms. The Morgan fingerprint density at radius 3 is 1.82 bits per heavy atom. The van der Waals surface area contributed by atoms with Crippen LogP contribution in [0.4, 0.5) is 0 Å². The van der Waals surface area contributed by atoms with Gasteiger partial charge in [-0.05, 0) is 106 Å². The Morgan fingerprint density at radius 2 is 1.18 bits per heavy atom. The van der Waals surface area contributed by atoms with Gasteiger partial charge >= 0.3 is 0 Å². The van der Waals surface area contributed by atoms with E-state index in [9.17, 15) is 0 Å². The summed E-state index contributed by atoms with van der Waals surface area (Å²) in [6, 6.07) is 25.7. The van der Waals surface area contributed by atoms with Crippen LogP contribution < -0.4 is 0 Å². The zero-order chi connectivity index (χ0) is 23.3. The number of rotatable bonds is 3. The van der Waals surface area contributed by atoms with Gasteiger partial charge < -0.3 is 0 Å². The van der Waals surface area contributed by atoms with E-state index in [4.69, 9.17) is 4.98 Å². The predicted octanol–water partition coefficient (Wildman–Crippen LogP) is 9.12. The maximum absolute atomic E-state index is 5.34. The van der Waals surface area contributed by atoms with Crippen molar-refractivity contribution in [2.75, 3.05) is 0 Å². The van der Waals surface area contributed by atoms with Crippen molar-refractivity contribution in [3.63, 3.8) is 0 Å². The number of hydrogen-bond donors (Lipinski definition) is 0. The van der Waals surface area contributed by atoms with Gasteiger partial charge in [0.2, 0.25) is 0 Å². The summed E-state index contributed by atoms with van der Waals surface area (Å²) in [4.78, 5) is 5.34. The molecule has 0 spiro atoms. The van der Waals surface area contributed by atoms with E-state index in [2.05, 4.69) is 131 Å². The van der Waals surface area contributed by atoms with Gasteiger partial charge in [-0.25, -0.2) is 4.98 Å². The maximum Gasteiger partial charge on any atom is 0.146 e. The van der Waals surface area contributed by atoms with Crippen molar-refractivity contribution in [2.24, 2.45) is 0 Å². The highest BCUT2D eigenvalue weighted by Gasteiger charge is 2.22. The Morgan fingerprint density at radius 1 is 0.636 bits per heavy atom. The Hall–Kier alpha value is -2.69. The van der Waals surface area contributed by atoms with Crippen LogP contribution in [0.25, 0.3) is 39.2 Å². The molecule has 0 aliphatic rings. The molecule has 4 heteroatoms. The summed E-state index contributed by atoms with van der Waals surface area (Å²) in [7, 11) is 0. The molecule has 0 radical (unpaired) electrons. The molecule has 5 aromatic rings. The average Bonchev–Trinajstić information content (AvgIpc) is 3.15. The van der Waals surface area contributed by atoms with E-state index >= 15 is 0 Å². The van der Waals surface area contributed by atoms with Crippen LogP contribution in [0.3, 0.4) is 0 Å². The minimum atomic E-state index is 0.957. The molecule has 0 saturated heterocycles. The van der Waals surface area contributed by atoms with E-state index in [1.807, 2.05) is 6.07 Å². The minimum Gasteiger partial charge on any atom is -0.291 e. The van der Waals surface area contributed by atoms with Crippen LogP contribution in [0.5, 0.6) is 0 Å². The van der Waals surface area contributed by atoms with E-state index in [1.54, 1.807) is 0 Å². The highest BCUT2D eigenvalue weighted by Crippen LogP contribution is 2.40. The molecule has 0 aliphatic heterocycles. The molecule has 0 unspecified atom stereocenters. The molecular weight excluding hydrogens is 536 g/mol. The third-order valence-corrected chi connectivity index (χ3v) is 8.34. The molecule has 0 fully saturated rings. The smallest absolute Gasteiger partial charge is 0.146 e.